The Balaban J connectivity index is 3.16. The molecule has 1 rings (SSSR count). The van der Waals surface area contributed by atoms with Crippen molar-refractivity contribution >= 4 is 6.21 Å². The van der Waals surface area contributed by atoms with Gasteiger partial charge in [0, 0.05) is 19.9 Å². The van der Waals surface area contributed by atoms with Gasteiger partial charge in [-0.3, -0.25) is 0 Å². The van der Waals surface area contributed by atoms with Crippen LogP contribution in [0, 0.1) is 35.5 Å². The van der Waals surface area contributed by atoms with Gasteiger partial charge in [0.25, 0.3) is 0 Å². The maximum Gasteiger partial charge on any atom is 0.0821 e. The van der Waals surface area contributed by atoms with Crippen LogP contribution < -0.4 is 0 Å². The molecule has 0 aromatic heterocycles. The number of hydrogen-bond donors (Lipinski definition) is 0. The van der Waals surface area contributed by atoms with E-state index in [0.717, 1.165) is 36.5 Å². The Morgan fingerprint density at radius 2 is 1.75 bits per heavy atom. The Morgan fingerprint density at radius 3 is 2.31 bits per heavy atom. The second-order valence-electron chi connectivity index (χ2n) is 11.9. The number of rotatable bonds is 19. The molecule has 0 aliphatic heterocycles. The zero-order valence-electron chi connectivity index (χ0n) is 25.5. The standard InChI is InChI=1S/C34H61NO/c1-11-14-16-22-36-34(27(8)25(4)5)21-20-30-18-19-31(29(13-3)24-35-10)23-33(30)28(9)32(26(6)7)17-15-12-2/h23-24,26,28-32,34H,4,8,11-22H2,1-3,5-7,9-10H3/b35-24-/t28?,29-,30-,31-,32?,34?/m1/s1. The van der Waals surface area contributed by atoms with Crippen LogP contribution >= 0.6 is 0 Å². The Kier molecular flexibility index (Phi) is 16.6. The summed E-state index contributed by atoms with van der Waals surface area (Å²) in [5.74, 6) is 3.93. The number of aliphatic imine (C=N–C) groups is 1. The fraction of sp³-hybridized carbons (Fsp3) is 0.794. The predicted molar refractivity (Wildman–Crippen MR) is 162 cm³/mol. The van der Waals surface area contributed by atoms with Crippen molar-refractivity contribution in [2.24, 2.45) is 40.5 Å². The number of unbranched alkanes of at least 4 members (excludes halogenated alkanes) is 3. The van der Waals surface area contributed by atoms with Gasteiger partial charge in [0.1, 0.15) is 0 Å². The van der Waals surface area contributed by atoms with E-state index in [2.05, 4.69) is 78.9 Å². The van der Waals surface area contributed by atoms with Crippen molar-refractivity contribution in [1.29, 1.82) is 0 Å². The van der Waals surface area contributed by atoms with Crippen LogP contribution in [-0.2, 0) is 4.74 Å². The highest BCUT2D eigenvalue weighted by Gasteiger charge is 2.33. The van der Waals surface area contributed by atoms with Crippen LogP contribution in [0.5, 0.6) is 0 Å². The zero-order chi connectivity index (χ0) is 27.1. The minimum absolute atomic E-state index is 0.102. The van der Waals surface area contributed by atoms with Crippen LogP contribution in [0.1, 0.15) is 119 Å². The number of nitrogens with zero attached hydrogens (tertiary/aromatic N) is 1. The molecule has 0 saturated heterocycles. The maximum atomic E-state index is 6.40. The van der Waals surface area contributed by atoms with Gasteiger partial charge >= 0.3 is 0 Å². The molecule has 2 heteroatoms. The average Bonchev–Trinajstić information content (AvgIpc) is 2.86. The SMILES string of the molecule is C=C(C)C(=C)C(CC[C@H]1CC[C@@H]([C@@H](/C=N\C)CC)C=C1C(C)C(CCCC)C(C)C)OCCCCC. The Bertz CT molecular complexity index is 687. The molecule has 0 spiro atoms. The molecular weight excluding hydrogens is 438 g/mol. The van der Waals surface area contributed by atoms with Crippen LogP contribution in [0.25, 0.3) is 0 Å². The minimum atomic E-state index is 0.102. The molecule has 1 aliphatic carbocycles. The molecule has 3 unspecified atom stereocenters. The third-order valence-electron chi connectivity index (χ3n) is 8.78. The Hall–Kier alpha value is -1.15. The highest BCUT2D eigenvalue weighted by Crippen LogP contribution is 2.43. The summed E-state index contributed by atoms with van der Waals surface area (Å²) in [6.45, 7) is 25.7. The van der Waals surface area contributed by atoms with Gasteiger partial charge in [-0.1, -0.05) is 97.6 Å². The normalized spacial score (nSPS) is 21.9. The highest BCUT2D eigenvalue weighted by molar-refractivity contribution is 5.61. The first kappa shape index (κ1) is 32.9. The Labute approximate surface area is 226 Å². The van der Waals surface area contributed by atoms with Gasteiger partial charge < -0.3 is 9.73 Å². The summed E-state index contributed by atoms with van der Waals surface area (Å²) >= 11 is 0. The summed E-state index contributed by atoms with van der Waals surface area (Å²) in [6.07, 6.45) is 18.5. The van der Waals surface area contributed by atoms with Gasteiger partial charge in [0.05, 0.1) is 6.10 Å². The van der Waals surface area contributed by atoms with Crippen molar-refractivity contribution < 1.29 is 4.74 Å². The van der Waals surface area contributed by atoms with Crippen LogP contribution in [0.3, 0.4) is 0 Å². The summed E-state index contributed by atoms with van der Waals surface area (Å²) in [4.78, 5) is 4.42. The van der Waals surface area contributed by atoms with Crippen molar-refractivity contribution in [2.45, 2.75) is 125 Å². The second-order valence-corrected chi connectivity index (χ2v) is 11.9. The van der Waals surface area contributed by atoms with Gasteiger partial charge in [0.2, 0.25) is 0 Å². The maximum absolute atomic E-state index is 6.40. The molecule has 36 heavy (non-hydrogen) atoms. The molecule has 0 bridgehead atoms. The molecule has 208 valence electrons. The summed E-state index contributed by atoms with van der Waals surface area (Å²) in [6, 6.07) is 0. The quantitative estimate of drug-likeness (QED) is 0.0749. The van der Waals surface area contributed by atoms with Gasteiger partial charge in [0.15, 0.2) is 0 Å². The molecule has 0 saturated carbocycles. The monoisotopic (exact) mass is 499 g/mol. The van der Waals surface area contributed by atoms with Crippen LogP contribution in [0.15, 0.2) is 40.9 Å². The van der Waals surface area contributed by atoms with Crippen LogP contribution in [0.4, 0.5) is 0 Å². The molecular formula is C34H61NO. The summed E-state index contributed by atoms with van der Waals surface area (Å²) in [5, 5.41) is 0. The van der Waals surface area contributed by atoms with Crippen molar-refractivity contribution in [3.63, 3.8) is 0 Å². The van der Waals surface area contributed by atoms with E-state index in [1.165, 1.54) is 57.8 Å². The smallest absolute Gasteiger partial charge is 0.0821 e. The van der Waals surface area contributed by atoms with Gasteiger partial charge in [-0.05, 0) is 93.0 Å². The number of ether oxygens (including phenoxy) is 1. The van der Waals surface area contributed by atoms with Gasteiger partial charge in [-0.25, -0.2) is 0 Å². The molecule has 0 aromatic rings. The predicted octanol–water partition coefficient (Wildman–Crippen LogP) is 10.3. The van der Waals surface area contributed by atoms with E-state index >= 15 is 0 Å². The van der Waals surface area contributed by atoms with E-state index in [9.17, 15) is 0 Å². The molecule has 0 radical (unpaired) electrons. The lowest BCUT2D eigenvalue weighted by Crippen LogP contribution is -2.29. The van der Waals surface area contributed by atoms with Crippen molar-refractivity contribution in [1.82, 2.24) is 0 Å². The molecule has 1 aliphatic rings. The minimum Gasteiger partial charge on any atom is -0.374 e. The molecule has 0 fully saturated rings. The van der Waals surface area contributed by atoms with Crippen molar-refractivity contribution in [3.05, 3.63) is 36.0 Å². The van der Waals surface area contributed by atoms with E-state index in [1.807, 2.05) is 7.05 Å². The van der Waals surface area contributed by atoms with E-state index < -0.39 is 0 Å². The fourth-order valence-electron chi connectivity index (χ4n) is 6.32. The van der Waals surface area contributed by atoms with Crippen LogP contribution in [-0.4, -0.2) is 26.0 Å². The number of hydrogen-bond acceptors (Lipinski definition) is 2. The first-order chi connectivity index (χ1) is 17.2. The summed E-state index contributed by atoms with van der Waals surface area (Å²) in [5.41, 5.74) is 3.88. The summed E-state index contributed by atoms with van der Waals surface area (Å²) < 4.78 is 6.40. The van der Waals surface area contributed by atoms with Crippen LogP contribution in [0.2, 0.25) is 0 Å². The number of allylic oxidation sites excluding steroid dienone is 2. The topological polar surface area (TPSA) is 21.6 Å². The van der Waals surface area contributed by atoms with Crippen molar-refractivity contribution in [3.8, 4) is 0 Å². The molecule has 2 nitrogen and oxygen atoms in total. The largest absolute Gasteiger partial charge is 0.374 e. The van der Waals surface area contributed by atoms with E-state index in [-0.39, 0.29) is 6.10 Å². The lowest BCUT2D eigenvalue weighted by Gasteiger charge is -2.39. The average molecular weight is 500 g/mol. The molecule has 0 heterocycles. The highest BCUT2D eigenvalue weighted by atomic mass is 16.5. The first-order valence-electron chi connectivity index (χ1n) is 15.3. The van der Waals surface area contributed by atoms with Gasteiger partial charge in [-0.2, -0.15) is 0 Å². The third kappa shape index (κ3) is 10.7. The molecule has 0 amide bonds. The first-order valence-corrected chi connectivity index (χ1v) is 15.3. The lowest BCUT2D eigenvalue weighted by atomic mass is 9.67. The van der Waals surface area contributed by atoms with Gasteiger partial charge in [-0.15, -0.1) is 0 Å². The van der Waals surface area contributed by atoms with E-state index in [4.69, 9.17) is 4.74 Å². The summed E-state index contributed by atoms with van der Waals surface area (Å²) in [7, 11) is 1.93. The zero-order valence-corrected chi connectivity index (χ0v) is 25.5. The molecule has 0 N–H and O–H groups in total. The van der Waals surface area contributed by atoms with Crippen molar-refractivity contribution in [2.75, 3.05) is 13.7 Å². The third-order valence-corrected chi connectivity index (χ3v) is 8.78. The lowest BCUT2D eigenvalue weighted by molar-refractivity contribution is 0.0656. The van der Waals surface area contributed by atoms with E-state index in [0.29, 0.717) is 29.6 Å². The second kappa shape index (κ2) is 18.2. The molecule has 6 atom stereocenters. The molecule has 0 aromatic carbocycles. The van der Waals surface area contributed by atoms with E-state index in [1.54, 1.807) is 5.57 Å². The fourth-order valence-corrected chi connectivity index (χ4v) is 6.32. The Morgan fingerprint density at radius 1 is 1.06 bits per heavy atom.